The third-order valence-electron chi connectivity index (χ3n) is 4.57. The third kappa shape index (κ3) is 9.72. The first-order valence-corrected chi connectivity index (χ1v) is 10.9. The highest BCUT2D eigenvalue weighted by molar-refractivity contribution is 8.93. The summed E-state index contributed by atoms with van der Waals surface area (Å²) < 4.78 is 0. The molecule has 0 aromatic heterocycles. The van der Waals surface area contributed by atoms with Gasteiger partial charge in [-0.25, -0.2) is 5.43 Å². The summed E-state index contributed by atoms with van der Waals surface area (Å²) >= 11 is 12.0. The molecular formula is C24H27BrCl2N4. The van der Waals surface area contributed by atoms with Crippen LogP contribution in [-0.4, -0.2) is 24.8 Å². The topological polar surface area (TPSA) is 48.8 Å². The number of nitrogens with zero attached hydrogens (tertiary/aromatic N) is 2. The van der Waals surface area contributed by atoms with Gasteiger partial charge in [0.1, 0.15) is 0 Å². The molecule has 1 aliphatic heterocycles. The Morgan fingerprint density at radius 1 is 0.839 bits per heavy atom. The van der Waals surface area contributed by atoms with Crippen molar-refractivity contribution in [1.29, 1.82) is 0 Å². The SMILES string of the molecule is Br.Clc1ccc(C=CC(C=Cc2ccc(Cl)cc2)=NN/C2=N\CCCCCCN2)cc1. The molecule has 0 fully saturated rings. The minimum atomic E-state index is 0. The summed E-state index contributed by atoms with van der Waals surface area (Å²) in [5.74, 6) is 0.717. The number of rotatable bonds is 5. The molecule has 2 aromatic carbocycles. The molecule has 0 amide bonds. The molecule has 0 spiro atoms. The summed E-state index contributed by atoms with van der Waals surface area (Å²) in [6.07, 6.45) is 12.6. The fourth-order valence-corrected chi connectivity index (χ4v) is 3.13. The zero-order valence-corrected chi connectivity index (χ0v) is 20.5. The van der Waals surface area contributed by atoms with E-state index in [0.29, 0.717) is 5.96 Å². The number of allylic oxidation sites excluding steroid dienone is 2. The minimum Gasteiger partial charge on any atom is -0.355 e. The number of nitrogens with one attached hydrogen (secondary N) is 2. The highest BCUT2D eigenvalue weighted by atomic mass is 79.9. The molecule has 7 heteroatoms. The predicted octanol–water partition coefficient (Wildman–Crippen LogP) is 6.76. The molecule has 2 aromatic rings. The van der Waals surface area contributed by atoms with Crippen LogP contribution in [0.25, 0.3) is 12.2 Å². The van der Waals surface area contributed by atoms with Crippen molar-refractivity contribution in [2.75, 3.05) is 13.1 Å². The maximum absolute atomic E-state index is 5.98. The highest BCUT2D eigenvalue weighted by Gasteiger charge is 2.01. The van der Waals surface area contributed by atoms with Crippen molar-refractivity contribution in [3.05, 3.63) is 81.9 Å². The molecule has 0 bridgehead atoms. The fraction of sp³-hybridized carbons (Fsp3) is 0.250. The number of halogens is 3. The molecule has 0 atom stereocenters. The molecule has 0 radical (unpaired) electrons. The first kappa shape index (κ1) is 25.2. The van der Waals surface area contributed by atoms with Gasteiger partial charge in [0.2, 0.25) is 5.96 Å². The second kappa shape index (κ2) is 14.1. The van der Waals surface area contributed by atoms with E-state index >= 15 is 0 Å². The van der Waals surface area contributed by atoms with Crippen LogP contribution in [0.3, 0.4) is 0 Å². The van der Waals surface area contributed by atoms with Crippen LogP contribution in [0, 0.1) is 0 Å². The van der Waals surface area contributed by atoms with E-state index < -0.39 is 0 Å². The molecule has 2 N–H and O–H groups in total. The third-order valence-corrected chi connectivity index (χ3v) is 5.08. The van der Waals surface area contributed by atoms with E-state index in [0.717, 1.165) is 52.8 Å². The molecule has 3 rings (SSSR count). The number of guanidine groups is 1. The summed E-state index contributed by atoms with van der Waals surface area (Å²) in [4.78, 5) is 4.58. The minimum absolute atomic E-state index is 0. The van der Waals surface area contributed by atoms with Crippen LogP contribution >= 0.6 is 40.2 Å². The van der Waals surface area contributed by atoms with E-state index in [-0.39, 0.29) is 17.0 Å². The van der Waals surface area contributed by atoms with Crippen LogP contribution in [0.1, 0.15) is 36.8 Å². The Balaban J connectivity index is 0.00000341. The molecule has 164 valence electrons. The van der Waals surface area contributed by atoms with Gasteiger partial charge in [0.15, 0.2) is 0 Å². The number of hydrogen-bond donors (Lipinski definition) is 2. The summed E-state index contributed by atoms with van der Waals surface area (Å²) in [7, 11) is 0. The summed E-state index contributed by atoms with van der Waals surface area (Å²) in [6, 6.07) is 15.4. The molecule has 1 heterocycles. The first-order valence-electron chi connectivity index (χ1n) is 10.2. The van der Waals surface area contributed by atoms with Crippen molar-refractivity contribution in [2.24, 2.45) is 10.1 Å². The maximum atomic E-state index is 5.98. The van der Waals surface area contributed by atoms with Gasteiger partial charge in [-0.05, 0) is 60.4 Å². The van der Waals surface area contributed by atoms with Crippen LogP contribution in [0.4, 0.5) is 0 Å². The molecule has 0 aliphatic carbocycles. The summed E-state index contributed by atoms with van der Waals surface area (Å²) in [5, 5.41) is 9.33. The maximum Gasteiger partial charge on any atom is 0.212 e. The fourth-order valence-electron chi connectivity index (χ4n) is 2.88. The van der Waals surface area contributed by atoms with Crippen LogP contribution in [0.2, 0.25) is 10.0 Å². The van der Waals surface area contributed by atoms with Gasteiger partial charge in [0.05, 0.1) is 5.71 Å². The van der Waals surface area contributed by atoms with E-state index in [1.54, 1.807) is 0 Å². The quantitative estimate of drug-likeness (QED) is 0.337. The molecule has 0 saturated heterocycles. The van der Waals surface area contributed by atoms with Gasteiger partial charge in [-0.3, -0.25) is 4.99 Å². The molecule has 0 unspecified atom stereocenters. The van der Waals surface area contributed by atoms with Crippen LogP contribution in [0.5, 0.6) is 0 Å². The van der Waals surface area contributed by atoms with Crippen molar-refractivity contribution < 1.29 is 0 Å². The lowest BCUT2D eigenvalue weighted by Crippen LogP contribution is -2.35. The van der Waals surface area contributed by atoms with Crippen molar-refractivity contribution in [3.63, 3.8) is 0 Å². The van der Waals surface area contributed by atoms with E-state index in [2.05, 4.69) is 20.8 Å². The van der Waals surface area contributed by atoms with Crippen molar-refractivity contribution >= 4 is 64.0 Å². The monoisotopic (exact) mass is 520 g/mol. The largest absolute Gasteiger partial charge is 0.355 e. The Morgan fingerprint density at radius 2 is 1.39 bits per heavy atom. The van der Waals surface area contributed by atoms with Gasteiger partial charge in [0.25, 0.3) is 0 Å². The zero-order chi connectivity index (χ0) is 21.0. The van der Waals surface area contributed by atoms with Crippen LogP contribution in [0.15, 0.2) is 70.8 Å². The van der Waals surface area contributed by atoms with Crippen molar-refractivity contribution in [2.45, 2.75) is 25.7 Å². The lowest BCUT2D eigenvalue weighted by Gasteiger charge is -2.08. The van der Waals surface area contributed by atoms with E-state index in [4.69, 9.17) is 23.2 Å². The van der Waals surface area contributed by atoms with E-state index in [9.17, 15) is 0 Å². The number of benzene rings is 2. The van der Waals surface area contributed by atoms with Gasteiger partial charge >= 0.3 is 0 Å². The van der Waals surface area contributed by atoms with Gasteiger partial charge in [-0.15, -0.1) is 17.0 Å². The van der Waals surface area contributed by atoms with Crippen LogP contribution < -0.4 is 10.7 Å². The van der Waals surface area contributed by atoms with Crippen molar-refractivity contribution in [3.8, 4) is 0 Å². The molecule has 4 nitrogen and oxygen atoms in total. The first-order chi connectivity index (χ1) is 14.7. The second-order valence-corrected chi connectivity index (χ2v) is 7.86. The number of hydrogen-bond acceptors (Lipinski definition) is 4. The Morgan fingerprint density at radius 3 is 1.97 bits per heavy atom. The lowest BCUT2D eigenvalue weighted by molar-refractivity contribution is 0.650. The standard InChI is InChI=1S/C24H26Cl2N4.BrH/c25-21-11-5-19(6-12-21)9-15-23(16-10-20-7-13-22(26)14-8-20)29-30-24-27-17-3-1-2-4-18-28-24;/h5-16H,1-4,17-18H2,(H2,27,28,30);1H. The smallest absolute Gasteiger partial charge is 0.212 e. The molecule has 31 heavy (non-hydrogen) atoms. The highest BCUT2D eigenvalue weighted by Crippen LogP contribution is 2.12. The average molecular weight is 522 g/mol. The molecular weight excluding hydrogens is 495 g/mol. The number of hydrazone groups is 1. The van der Waals surface area contributed by atoms with E-state index in [1.165, 1.54) is 12.8 Å². The Labute approximate surface area is 204 Å². The van der Waals surface area contributed by atoms with Gasteiger partial charge in [-0.1, -0.05) is 72.5 Å². The normalized spacial score (nSPS) is 16.3. The average Bonchev–Trinajstić information content (AvgIpc) is 2.89. The van der Waals surface area contributed by atoms with Crippen LogP contribution in [-0.2, 0) is 0 Å². The zero-order valence-electron chi connectivity index (χ0n) is 17.2. The van der Waals surface area contributed by atoms with Crippen molar-refractivity contribution in [1.82, 2.24) is 10.7 Å². The number of aliphatic imine (C=N–C) groups is 1. The molecule has 0 saturated carbocycles. The summed E-state index contributed by atoms with van der Waals surface area (Å²) in [5.41, 5.74) is 5.95. The van der Waals surface area contributed by atoms with E-state index in [1.807, 2.05) is 72.8 Å². The Hall–Kier alpha value is -2.08. The van der Waals surface area contributed by atoms with Gasteiger partial charge < -0.3 is 5.32 Å². The predicted molar refractivity (Wildman–Crippen MR) is 141 cm³/mol. The van der Waals surface area contributed by atoms with Gasteiger partial charge in [0, 0.05) is 23.1 Å². The second-order valence-electron chi connectivity index (χ2n) is 6.99. The lowest BCUT2D eigenvalue weighted by atomic mass is 10.1. The Bertz CT molecular complexity index is 862. The molecule has 1 aliphatic rings. The van der Waals surface area contributed by atoms with Gasteiger partial charge in [-0.2, -0.15) is 5.10 Å². The Kier molecular flexibility index (Phi) is 11.4. The summed E-state index contributed by atoms with van der Waals surface area (Å²) in [6.45, 7) is 1.71.